The van der Waals surface area contributed by atoms with Crippen LogP contribution in [0.25, 0.3) is 0 Å². The Labute approximate surface area is 81.1 Å². The first-order valence-corrected chi connectivity index (χ1v) is 4.08. The molecule has 0 aliphatic heterocycles. The number of phenolic OH excluding ortho intramolecular Hbond substituents is 1. The van der Waals surface area contributed by atoms with Gasteiger partial charge in [-0.05, 0) is 24.6 Å². The van der Waals surface area contributed by atoms with E-state index in [1.54, 1.807) is 13.0 Å². The Morgan fingerprint density at radius 3 is 2.64 bits per heavy atom. The largest absolute Gasteiger partial charge is 0.505 e. The van der Waals surface area contributed by atoms with Gasteiger partial charge in [-0.25, -0.2) is 9.38 Å². The molecule has 0 saturated carbocycles. The normalized spacial score (nSPS) is 12.1. The van der Waals surface area contributed by atoms with Crippen LogP contribution in [-0.2, 0) is 0 Å². The first kappa shape index (κ1) is 10.3. The van der Waals surface area contributed by atoms with Gasteiger partial charge in [0.05, 0.1) is 6.04 Å². The van der Waals surface area contributed by atoms with Crippen LogP contribution in [-0.4, -0.2) is 11.1 Å². The second kappa shape index (κ2) is 3.95. The van der Waals surface area contributed by atoms with Gasteiger partial charge in [0.15, 0.2) is 17.5 Å². The zero-order chi connectivity index (χ0) is 10.7. The molecular formula is C9H12FN3O. The number of nitrogens with two attached hydrogens (primary N) is 2. The summed E-state index contributed by atoms with van der Waals surface area (Å²) >= 11 is 0. The van der Waals surface area contributed by atoms with Gasteiger partial charge in [-0.3, -0.25) is 0 Å². The van der Waals surface area contributed by atoms with Crippen molar-refractivity contribution in [3.05, 3.63) is 29.6 Å². The molecule has 5 N–H and O–H groups in total. The number of halogens is 1. The Hall–Kier alpha value is -1.78. The molecule has 0 radical (unpaired) electrons. The summed E-state index contributed by atoms with van der Waals surface area (Å²) in [7, 11) is 0. The summed E-state index contributed by atoms with van der Waals surface area (Å²) in [5, 5.41) is 8.95. The quantitative estimate of drug-likeness (QED) is 0.485. The molecule has 0 aliphatic rings. The number of benzene rings is 1. The Morgan fingerprint density at radius 1 is 1.50 bits per heavy atom. The third-order valence-corrected chi connectivity index (χ3v) is 1.80. The van der Waals surface area contributed by atoms with Gasteiger partial charge in [0.1, 0.15) is 0 Å². The number of hydrogen-bond acceptors (Lipinski definition) is 2. The summed E-state index contributed by atoms with van der Waals surface area (Å²) in [6, 6.07) is 3.71. The lowest BCUT2D eigenvalue weighted by Gasteiger charge is -2.07. The lowest BCUT2D eigenvalue weighted by molar-refractivity contribution is 0.431. The maximum absolute atomic E-state index is 12.9. The van der Waals surface area contributed by atoms with Crippen molar-refractivity contribution in [2.45, 2.75) is 13.0 Å². The minimum absolute atomic E-state index is 0.0500. The molecule has 14 heavy (non-hydrogen) atoms. The average molecular weight is 197 g/mol. The predicted molar refractivity (Wildman–Crippen MR) is 52.3 cm³/mol. The van der Waals surface area contributed by atoms with Gasteiger partial charge < -0.3 is 16.6 Å². The van der Waals surface area contributed by atoms with Gasteiger partial charge in [0, 0.05) is 0 Å². The summed E-state index contributed by atoms with van der Waals surface area (Å²) in [5.41, 5.74) is 11.0. The molecule has 0 spiro atoms. The van der Waals surface area contributed by atoms with Crippen molar-refractivity contribution < 1.29 is 9.50 Å². The van der Waals surface area contributed by atoms with E-state index in [0.29, 0.717) is 5.56 Å². The standard InChI is InChI=1S/C9H12FN3O/c1-5(13-9(11)12)6-2-3-8(14)7(10)4-6/h2-5,14H,1H3,(H4,11,12,13)/t5-/m0/s1. The van der Waals surface area contributed by atoms with Crippen molar-refractivity contribution in [2.24, 2.45) is 16.5 Å². The molecule has 1 atom stereocenters. The molecule has 0 saturated heterocycles. The van der Waals surface area contributed by atoms with Crippen LogP contribution < -0.4 is 11.5 Å². The minimum Gasteiger partial charge on any atom is -0.505 e. The van der Waals surface area contributed by atoms with Gasteiger partial charge >= 0.3 is 0 Å². The molecule has 0 aromatic heterocycles. The molecule has 0 bridgehead atoms. The highest BCUT2D eigenvalue weighted by molar-refractivity contribution is 5.75. The van der Waals surface area contributed by atoms with E-state index in [2.05, 4.69) is 4.99 Å². The summed E-state index contributed by atoms with van der Waals surface area (Å²) in [4.78, 5) is 3.84. The second-order valence-corrected chi connectivity index (χ2v) is 2.94. The molecule has 0 fully saturated rings. The number of hydrogen-bond donors (Lipinski definition) is 3. The number of phenols is 1. The van der Waals surface area contributed by atoms with Crippen molar-refractivity contribution in [1.82, 2.24) is 0 Å². The molecular weight excluding hydrogens is 185 g/mol. The van der Waals surface area contributed by atoms with Crippen LogP contribution in [0.5, 0.6) is 5.75 Å². The number of aliphatic imine (C=N–C) groups is 1. The fourth-order valence-corrected chi connectivity index (χ4v) is 1.08. The van der Waals surface area contributed by atoms with E-state index in [0.717, 1.165) is 0 Å². The van der Waals surface area contributed by atoms with Crippen molar-refractivity contribution >= 4 is 5.96 Å². The van der Waals surface area contributed by atoms with Crippen LogP contribution in [0.15, 0.2) is 23.2 Å². The lowest BCUT2D eigenvalue weighted by atomic mass is 10.1. The number of rotatable bonds is 2. The van der Waals surface area contributed by atoms with E-state index < -0.39 is 5.82 Å². The average Bonchev–Trinajstić information content (AvgIpc) is 2.08. The van der Waals surface area contributed by atoms with Gasteiger partial charge in [0.2, 0.25) is 0 Å². The van der Waals surface area contributed by atoms with Gasteiger partial charge in [-0.15, -0.1) is 0 Å². The van der Waals surface area contributed by atoms with Crippen LogP contribution in [0.2, 0.25) is 0 Å². The first-order chi connectivity index (χ1) is 6.50. The molecule has 0 heterocycles. The summed E-state index contributed by atoms with van der Waals surface area (Å²) < 4.78 is 12.9. The van der Waals surface area contributed by atoms with E-state index in [1.165, 1.54) is 12.1 Å². The van der Waals surface area contributed by atoms with Crippen LogP contribution in [0, 0.1) is 5.82 Å². The highest BCUT2D eigenvalue weighted by Gasteiger charge is 2.07. The SMILES string of the molecule is C[C@H](N=C(N)N)c1ccc(O)c(F)c1. The molecule has 0 amide bonds. The van der Waals surface area contributed by atoms with Crippen LogP contribution >= 0.6 is 0 Å². The molecule has 0 aliphatic carbocycles. The van der Waals surface area contributed by atoms with E-state index in [1.807, 2.05) is 0 Å². The maximum Gasteiger partial charge on any atom is 0.186 e. The van der Waals surface area contributed by atoms with Crippen molar-refractivity contribution in [1.29, 1.82) is 0 Å². The van der Waals surface area contributed by atoms with Gasteiger partial charge in [0.25, 0.3) is 0 Å². The van der Waals surface area contributed by atoms with Crippen LogP contribution in [0.1, 0.15) is 18.5 Å². The number of aromatic hydroxyl groups is 1. The first-order valence-electron chi connectivity index (χ1n) is 4.08. The number of guanidine groups is 1. The highest BCUT2D eigenvalue weighted by atomic mass is 19.1. The van der Waals surface area contributed by atoms with Gasteiger partial charge in [-0.1, -0.05) is 6.07 Å². The third kappa shape index (κ3) is 2.35. The third-order valence-electron chi connectivity index (χ3n) is 1.80. The van der Waals surface area contributed by atoms with Crippen LogP contribution in [0.4, 0.5) is 4.39 Å². The highest BCUT2D eigenvalue weighted by Crippen LogP contribution is 2.22. The minimum atomic E-state index is -0.680. The van der Waals surface area contributed by atoms with Crippen molar-refractivity contribution in [3.63, 3.8) is 0 Å². The summed E-state index contributed by atoms with van der Waals surface area (Å²) in [6.07, 6.45) is 0. The molecule has 1 rings (SSSR count). The fraction of sp³-hybridized carbons (Fsp3) is 0.222. The lowest BCUT2D eigenvalue weighted by Crippen LogP contribution is -2.23. The Bertz CT molecular complexity index is 361. The van der Waals surface area contributed by atoms with Crippen LogP contribution in [0.3, 0.4) is 0 Å². The molecule has 0 unspecified atom stereocenters. The smallest absolute Gasteiger partial charge is 0.186 e. The zero-order valence-corrected chi connectivity index (χ0v) is 7.74. The van der Waals surface area contributed by atoms with Gasteiger partial charge in [-0.2, -0.15) is 0 Å². The molecule has 76 valence electrons. The molecule has 1 aromatic carbocycles. The summed E-state index contributed by atoms with van der Waals surface area (Å²) in [6.45, 7) is 1.73. The Kier molecular flexibility index (Phi) is 2.91. The van der Waals surface area contributed by atoms with E-state index >= 15 is 0 Å². The van der Waals surface area contributed by atoms with E-state index in [4.69, 9.17) is 16.6 Å². The molecule has 1 aromatic rings. The fourth-order valence-electron chi connectivity index (χ4n) is 1.08. The molecule has 4 nitrogen and oxygen atoms in total. The topological polar surface area (TPSA) is 84.6 Å². The zero-order valence-electron chi connectivity index (χ0n) is 7.74. The monoisotopic (exact) mass is 197 g/mol. The van der Waals surface area contributed by atoms with E-state index in [-0.39, 0.29) is 17.8 Å². The second-order valence-electron chi connectivity index (χ2n) is 2.94. The maximum atomic E-state index is 12.9. The predicted octanol–water partition coefficient (Wildman–Crippen LogP) is 0.866. The molecule has 5 heteroatoms. The van der Waals surface area contributed by atoms with Crippen molar-refractivity contribution in [3.8, 4) is 5.75 Å². The summed E-state index contributed by atoms with van der Waals surface area (Å²) in [5.74, 6) is -1.11. The number of nitrogens with zero attached hydrogens (tertiary/aromatic N) is 1. The van der Waals surface area contributed by atoms with E-state index in [9.17, 15) is 4.39 Å². The Morgan fingerprint density at radius 2 is 2.14 bits per heavy atom. The Balaban J connectivity index is 2.97. The van der Waals surface area contributed by atoms with Crippen molar-refractivity contribution in [2.75, 3.05) is 0 Å².